The quantitative estimate of drug-likeness (QED) is 0.392. The molecule has 4 aromatic rings. The van der Waals surface area contributed by atoms with E-state index in [9.17, 15) is 9.59 Å². The van der Waals surface area contributed by atoms with Crippen molar-refractivity contribution in [3.8, 4) is 22.8 Å². The van der Waals surface area contributed by atoms with Gasteiger partial charge in [-0.2, -0.15) is 5.10 Å². The molecule has 2 amide bonds. The number of nitrogens with zero attached hydrogens (tertiary/aromatic N) is 4. The summed E-state index contributed by atoms with van der Waals surface area (Å²) in [4.78, 5) is 32.3. The number of carbonyl (C=O) groups excluding carboxylic acids is 2. The maximum absolute atomic E-state index is 12.7. The predicted molar refractivity (Wildman–Crippen MR) is 137 cm³/mol. The minimum Gasteiger partial charge on any atom is -0.457 e. The van der Waals surface area contributed by atoms with E-state index < -0.39 is 5.91 Å². The van der Waals surface area contributed by atoms with Crippen LogP contribution < -0.4 is 10.5 Å². The van der Waals surface area contributed by atoms with Crippen molar-refractivity contribution in [1.29, 1.82) is 0 Å². The topological polar surface area (TPSA) is 109 Å². The van der Waals surface area contributed by atoms with Crippen LogP contribution in [0.2, 0.25) is 0 Å². The van der Waals surface area contributed by atoms with Gasteiger partial charge in [0.15, 0.2) is 0 Å². The number of primary amides is 1. The van der Waals surface area contributed by atoms with Crippen molar-refractivity contribution in [3.05, 3.63) is 83.7 Å². The number of rotatable bonds is 7. The molecule has 36 heavy (non-hydrogen) atoms. The van der Waals surface area contributed by atoms with Gasteiger partial charge in [0.05, 0.1) is 12.2 Å². The number of hydrogen-bond donors (Lipinski definition) is 2. The molecule has 3 N–H and O–H groups in total. The molecule has 0 unspecified atom stereocenters. The van der Waals surface area contributed by atoms with Gasteiger partial charge in [0, 0.05) is 36.8 Å². The lowest BCUT2D eigenvalue weighted by molar-refractivity contribution is -0.127. The maximum atomic E-state index is 12.7. The van der Waals surface area contributed by atoms with Crippen LogP contribution in [-0.2, 0) is 17.8 Å². The fourth-order valence-corrected chi connectivity index (χ4v) is 4.35. The van der Waals surface area contributed by atoms with Gasteiger partial charge < -0.3 is 25.3 Å². The summed E-state index contributed by atoms with van der Waals surface area (Å²) < 4.78 is 7.58. The lowest BCUT2D eigenvalue weighted by Gasteiger charge is -2.25. The molecule has 2 aromatic carbocycles. The summed E-state index contributed by atoms with van der Waals surface area (Å²) in [6, 6.07) is 16.9. The first-order chi connectivity index (χ1) is 17.4. The minimum absolute atomic E-state index is 0.0478. The molecular weight excluding hydrogens is 456 g/mol. The summed E-state index contributed by atoms with van der Waals surface area (Å²) in [6.45, 7) is 1.67. The van der Waals surface area contributed by atoms with Crippen LogP contribution in [0.25, 0.3) is 16.9 Å². The number of nitrogens with one attached hydrogen (secondary N) is 1. The number of fused-ring (bicyclic) bond motifs is 3. The minimum atomic E-state index is -0.567. The Morgan fingerprint density at radius 2 is 1.83 bits per heavy atom. The first-order valence-electron chi connectivity index (χ1n) is 11.8. The second kappa shape index (κ2) is 9.71. The van der Waals surface area contributed by atoms with Crippen LogP contribution in [0.3, 0.4) is 0 Å². The number of amides is 2. The highest BCUT2D eigenvalue weighted by atomic mass is 16.5. The highest BCUT2D eigenvalue weighted by Crippen LogP contribution is 2.31. The van der Waals surface area contributed by atoms with Crippen LogP contribution in [0.1, 0.15) is 21.7 Å². The molecule has 9 heteroatoms. The molecule has 5 rings (SSSR count). The predicted octanol–water partition coefficient (Wildman–Crippen LogP) is 3.22. The van der Waals surface area contributed by atoms with Crippen molar-refractivity contribution in [1.82, 2.24) is 24.4 Å². The fraction of sp³-hybridized carbons (Fsp3) is 0.222. The largest absolute Gasteiger partial charge is 0.457 e. The van der Waals surface area contributed by atoms with Crippen LogP contribution in [0.4, 0.5) is 0 Å². The number of ether oxygens (including phenoxy) is 1. The second-order valence-electron chi connectivity index (χ2n) is 9.01. The van der Waals surface area contributed by atoms with Crippen molar-refractivity contribution in [2.45, 2.75) is 13.0 Å². The number of imidazole rings is 1. The molecule has 1 aliphatic heterocycles. The molecule has 0 aliphatic carbocycles. The molecule has 2 aromatic heterocycles. The van der Waals surface area contributed by atoms with E-state index in [0.717, 1.165) is 22.7 Å². The van der Waals surface area contributed by atoms with Crippen LogP contribution in [0, 0.1) is 0 Å². The zero-order valence-corrected chi connectivity index (χ0v) is 20.3. The van der Waals surface area contributed by atoms with Gasteiger partial charge >= 0.3 is 0 Å². The molecule has 0 saturated heterocycles. The number of carbonyl (C=O) groups is 2. The Balaban J connectivity index is 1.44. The molecule has 0 atom stereocenters. The summed E-state index contributed by atoms with van der Waals surface area (Å²) in [7, 11) is 3.90. The lowest BCUT2D eigenvalue weighted by Crippen LogP contribution is -2.35. The number of H-pyrrole nitrogens is 1. The van der Waals surface area contributed by atoms with Crippen molar-refractivity contribution < 1.29 is 14.3 Å². The number of hydrogen-bond acceptors (Lipinski definition) is 5. The average Bonchev–Trinajstić information content (AvgIpc) is 3.40. The third-order valence-corrected chi connectivity index (χ3v) is 6.13. The van der Waals surface area contributed by atoms with E-state index in [1.54, 1.807) is 15.5 Å². The van der Waals surface area contributed by atoms with E-state index in [4.69, 9.17) is 15.6 Å². The van der Waals surface area contributed by atoms with Gasteiger partial charge in [-0.15, -0.1) is 0 Å². The van der Waals surface area contributed by atoms with Crippen molar-refractivity contribution in [2.75, 3.05) is 27.2 Å². The molecular formula is C27H28N6O3. The van der Waals surface area contributed by atoms with Gasteiger partial charge in [0.2, 0.25) is 5.91 Å². The zero-order valence-electron chi connectivity index (χ0n) is 20.3. The van der Waals surface area contributed by atoms with Crippen molar-refractivity contribution >= 4 is 17.5 Å². The molecule has 0 fully saturated rings. The van der Waals surface area contributed by atoms with Crippen LogP contribution in [-0.4, -0.2) is 63.4 Å². The first kappa shape index (κ1) is 23.4. The van der Waals surface area contributed by atoms with E-state index in [-0.39, 0.29) is 5.91 Å². The Hall–Kier alpha value is -4.37. The molecule has 1 aliphatic rings. The van der Waals surface area contributed by atoms with Crippen molar-refractivity contribution in [3.63, 3.8) is 0 Å². The number of nitrogens with two attached hydrogens (primary N) is 1. The van der Waals surface area contributed by atoms with Crippen molar-refractivity contribution in [2.24, 2.45) is 5.73 Å². The third kappa shape index (κ3) is 4.60. The third-order valence-electron chi connectivity index (χ3n) is 6.13. The summed E-state index contributed by atoms with van der Waals surface area (Å²) in [5.74, 6) is 0.793. The summed E-state index contributed by atoms with van der Waals surface area (Å²) in [5, 5.41) is 4.75. The molecule has 0 spiro atoms. The SMILES string of the molecule is CN(C)CC=CC(=O)N1CCc2[nH]c3c(C(N)=O)c(-c4ccc(Oc5ccccc5)cc4)nn3c2C1. The van der Waals surface area contributed by atoms with E-state index in [0.29, 0.717) is 48.7 Å². The van der Waals surface area contributed by atoms with Gasteiger partial charge in [-0.1, -0.05) is 24.3 Å². The highest BCUT2D eigenvalue weighted by Gasteiger charge is 2.28. The molecule has 0 saturated carbocycles. The Morgan fingerprint density at radius 3 is 2.53 bits per heavy atom. The van der Waals surface area contributed by atoms with Gasteiger partial charge in [-0.3, -0.25) is 9.59 Å². The van der Waals surface area contributed by atoms with Gasteiger partial charge in [-0.25, -0.2) is 4.52 Å². The Kier molecular flexibility index (Phi) is 6.30. The van der Waals surface area contributed by atoms with Gasteiger partial charge in [-0.05, 0) is 50.5 Å². The van der Waals surface area contributed by atoms with E-state index in [2.05, 4.69) is 4.98 Å². The average molecular weight is 485 g/mol. The first-order valence-corrected chi connectivity index (χ1v) is 11.8. The van der Waals surface area contributed by atoms with E-state index in [1.807, 2.05) is 79.7 Å². The van der Waals surface area contributed by atoms with Gasteiger partial charge in [0.1, 0.15) is 28.4 Å². The molecule has 0 radical (unpaired) electrons. The second-order valence-corrected chi connectivity index (χ2v) is 9.01. The van der Waals surface area contributed by atoms with E-state index in [1.165, 1.54) is 0 Å². The number of aromatic nitrogens is 3. The molecule has 0 bridgehead atoms. The highest BCUT2D eigenvalue weighted by molar-refractivity contribution is 6.04. The number of likely N-dealkylation sites (N-methyl/N-ethyl adjacent to an activating group) is 1. The molecule has 184 valence electrons. The smallest absolute Gasteiger partial charge is 0.254 e. The zero-order chi connectivity index (χ0) is 25.2. The fourth-order valence-electron chi connectivity index (χ4n) is 4.35. The van der Waals surface area contributed by atoms with Crippen LogP contribution >= 0.6 is 0 Å². The number of benzene rings is 2. The number of aromatic amines is 1. The summed E-state index contributed by atoms with van der Waals surface area (Å²) >= 11 is 0. The normalized spacial score (nSPS) is 13.5. The Bertz CT molecular complexity index is 1430. The van der Waals surface area contributed by atoms with Crippen LogP contribution in [0.5, 0.6) is 11.5 Å². The monoisotopic (exact) mass is 484 g/mol. The number of para-hydroxylation sites is 1. The summed E-state index contributed by atoms with van der Waals surface area (Å²) in [6.07, 6.45) is 4.11. The Morgan fingerprint density at radius 1 is 1.11 bits per heavy atom. The van der Waals surface area contributed by atoms with Crippen LogP contribution in [0.15, 0.2) is 66.7 Å². The lowest BCUT2D eigenvalue weighted by atomic mass is 10.1. The standard InChI is InChI=1S/C27H28N6O3/c1-31(2)15-6-9-23(34)32-16-14-21-22(17-32)33-27(29-21)24(26(28)35)25(30-33)18-10-12-20(13-11-18)36-19-7-4-3-5-8-19/h3-13,29H,14-17H2,1-2H3,(H2,28,35). The molecule has 9 nitrogen and oxygen atoms in total. The maximum Gasteiger partial charge on any atom is 0.254 e. The molecule has 3 heterocycles. The van der Waals surface area contributed by atoms with Gasteiger partial charge in [0.25, 0.3) is 5.91 Å². The summed E-state index contributed by atoms with van der Waals surface area (Å²) in [5.41, 5.74) is 9.70. The van der Waals surface area contributed by atoms with E-state index >= 15 is 0 Å². The Labute approximate surface area is 208 Å².